The number of carbonyl (C=O) groups is 2. The Morgan fingerprint density at radius 1 is 1.26 bits per heavy atom. The van der Waals surface area contributed by atoms with E-state index in [4.69, 9.17) is 4.42 Å². The van der Waals surface area contributed by atoms with E-state index in [2.05, 4.69) is 5.32 Å². The van der Waals surface area contributed by atoms with Crippen LogP contribution in [0.2, 0.25) is 0 Å². The molecular weight excluding hydrogens is 246 g/mol. The molecule has 0 unspecified atom stereocenters. The first kappa shape index (κ1) is 13.5. The van der Waals surface area contributed by atoms with Gasteiger partial charge in [-0.2, -0.15) is 0 Å². The summed E-state index contributed by atoms with van der Waals surface area (Å²) in [4.78, 5) is 27.3. The van der Waals surface area contributed by atoms with Gasteiger partial charge in [0.2, 0.25) is 0 Å². The summed E-state index contributed by atoms with van der Waals surface area (Å²) in [7, 11) is 0. The fourth-order valence-electron chi connectivity index (χ4n) is 2.11. The number of hydrogen-bond donors (Lipinski definition) is 1. The molecule has 1 fully saturated rings. The van der Waals surface area contributed by atoms with Crippen LogP contribution in [0.5, 0.6) is 0 Å². The van der Waals surface area contributed by atoms with E-state index < -0.39 is 0 Å². The molecule has 0 spiro atoms. The maximum absolute atomic E-state index is 12.2. The van der Waals surface area contributed by atoms with Gasteiger partial charge in [-0.25, -0.2) is 4.79 Å². The van der Waals surface area contributed by atoms with Crippen LogP contribution in [0.4, 0.5) is 4.79 Å². The summed E-state index contributed by atoms with van der Waals surface area (Å²) in [6.45, 7) is 6.53. The Balaban J connectivity index is 1.92. The smallest absolute Gasteiger partial charge is 0.317 e. The van der Waals surface area contributed by atoms with Gasteiger partial charge in [0.05, 0.1) is 6.26 Å². The van der Waals surface area contributed by atoms with Crippen LogP contribution in [0.1, 0.15) is 23.0 Å². The molecule has 0 radical (unpaired) electrons. The van der Waals surface area contributed by atoms with Gasteiger partial charge in [0.25, 0.3) is 5.91 Å². The fourth-order valence-corrected chi connectivity index (χ4v) is 2.11. The highest BCUT2D eigenvalue weighted by atomic mass is 16.3. The van der Waals surface area contributed by atoms with E-state index in [1.807, 2.05) is 13.8 Å². The van der Waals surface area contributed by atoms with E-state index in [0.29, 0.717) is 38.5 Å². The number of nitrogens with one attached hydrogen (secondary N) is 1. The van der Waals surface area contributed by atoms with Gasteiger partial charge < -0.3 is 19.5 Å². The van der Waals surface area contributed by atoms with Crippen molar-refractivity contribution >= 4 is 11.9 Å². The van der Waals surface area contributed by atoms with Crippen molar-refractivity contribution in [3.8, 4) is 0 Å². The van der Waals surface area contributed by atoms with Crippen molar-refractivity contribution in [2.75, 3.05) is 32.7 Å². The minimum absolute atomic E-state index is 0.0659. The van der Waals surface area contributed by atoms with E-state index in [0.717, 1.165) is 5.56 Å². The second kappa shape index (κ2) is 5.77. The number of aryl methyl sites for hydroxylation is 1. The number of amides is 3. The van der Waals surface area contributed by atoms with Crippen molar-refractivity contribution in [3.63, 3.8) is 0 Å². The van der Waals surface area contributed by atoms with Gasteiger partial charge >= 0.3 is 6.03 Å². The van der Waals surface area contributed by atoms with E-state index >= 15 is 0 Å². The summed E-state index contributed by atoms with van der Waals surface area (Å²) in [5.41, 5.74) is 0.844. The zero-order chi connectivity index (χ0) is 13.8. The lowest BCUT2D eigenvalue weighted by atomic mass is 10.2. The Hall–Kier alpha value is -1.98. The number of carbonyl (C=O) groups excluding carboxylic acids is 2. The number of rotatable bonds is 2. The van der Waals surface area contributed by atoms with Crippen LogP contribution in [-0.4, -0.2) is 54.5 Å². The van der Waals surface area contributed by atoms with E-state index in [9.17, 15) is 9.59 Å². The van der Waals surface area contributed by atoms with Gasteiger partial charge in [0, 0.05) is 38.3 Å². The molecular formula is C13H19N3O3. The molecule has 1 N–H and O–H groups in total. The van der Waals surface area contributed by atoms with Crippen molar-refractivity contribution in [1.82, 2.24) is 15.1 Å². The third-order valence-electron chi connectivity index (χ3n) is 3.24. The van der Waals surface area contributed by atoms with Crippen LogP contribution in [0.25, 0.3) is 0 Å². The highest BCUT2D eigenvalue weighted by Gasteiger charge is 2.26. The number of furan rings is 1. The Morgan fingerprint density at radius 3 is 2.42 bits per heavy atom. The number of urea groups is 1. The molecule has 0 bridgehead atoms. The van der Waals surface area contributed by atoms with Crippen LogP contribution >= 0.6 is 0 Å². The first-order chi connectivity index (χ1) is 9.13. The summed E-state index contributed by atoms with van der Waals surface area (Å²) in [6.07, 6.45) is 1.52. The molecule has 6 nitrogen and oxygen atoms in total. The Labute approximate surface area is 112 Å². The molecule has 0 saturated carbocycles. The maximum Gasteiger partial charge on any atom is 0.317 e. The molecule has 2 heterocycles. The number of nitrogens with zero attached hydrogens (tertiary/aromatic N) is 2. The van der Waals surface area contributed by atoms with Gasteiger partial charge in [-0.05, 0) is 19.9 Å². The lowest BCUT2D eigenvalue weighted by molar-refractivity contribution is 0.0633. The Kier molecular flexibility index (Phi) is 4.09. The molecule has 1 aliphatic heterocycles. The average molecular weight is 265 g/mol. The molecule has 0 atom stereocenters. The minimum atomic E-state index is -0.0990. The molecule has 1 aromatic rings. The third-order valence-corrected chi connectivity index (χ3v) is 3.24. The predicted molar refractivity (Wildman–Crippen MR) is 70.0 cm³/mol. The van der Waals surface area contributed by atoms with Gasteiger partial charge in [-0.1, -0.05) is 0 Å². The molecule has 0 aliphatic carbocycles. The van der Waals surface area contributed by atoms with E-state index in [1.165, 1.54) is 6.26 Å². The summed E-state index contributed by atoms with van der Waals surface area (Å²) < 4.78 is 5.21. The minimum Gasteiger partial charge on any atom is -0.459 e. The normalized spacial score (nSPS) is 15.5. The van der Waals surface area contributed by atoms with Crippen molar-refractivity contribution in [3.05, 3.63) is 23.7 Å². The highest BCUT2D eigenvalue weighted by molar-refractivity contribution is 5.93. The number of piperazine rings is 1. The topological polar surface area (TPSA) is 65.8 Å². The van der Waals surface area contributed by atoms with Gasteiger partial charge in [-0.15, -0.1) is 0 Å². The lowest BCUT2D eigenvalue weighted by Gasteiger charge is -2.34. The molecule has 1 saturated heterocycles. The van der Waals surface area contributed by atoms with Crippen molar-refractivity contribution < 1.29 is 14.0 Å². The van der Waals surface area contributed by atoms with E-state index in [-0.39, 0.29) is 11.9 Å². The molecule has 1 aliphatic rings. The van der Waals surface area contributed by atoms with Crippen LogP contribution in [0.15, 0.2) is 16.7 Å². The van der Waals surface area contributed by atoms with Crippen molar-refractivity contribution in [2.24, 2.45) is 0 Å². The summed E-state index contributed by atoms with van der Waals surface area (Å²) in [5.74, 6) is 0.296. The molecule has 6 heteroatoms. The molecule has 19 heavy (non-hydrogen) atoms. The van der Waals surface area contributed by atoms with Crippen LogP contribution in [0.3, 0.4) is 0 Å². The summed E-state index contributed by atoms with van der Waals surface area (Å²) >= 11 is 0. The molecule has 1 aromatic heterocycles. The quantitative estimate of drug-likeness (QED) is 0.870. The monoisotopic (exact) mass is 265 g/mol. The molecule has 3 amide bonds. The van der Waals surface area contributed by atoms with Crippen molar-refractivity contribution in [1.29, 1.82) is 0 Å². The van der Waals surface area contributed by atoms with Crippen molar-refractivity contribution in [2.45, 2.75) is 13.8 Å². The average Bonchev–Trinajstić information content (AvgIpc) is 2.84. The fraction of sp³-hybridized carbons (Fsp3) is 0.538. The highest BCUT2D eigenvalue weighted by Crippen LogP contribution is 2.13. The Morgan fingerprint density at radius 2 is 1.89 bits per heavy atom. The third kappa shape index (κ3) is 2.89. The van der Waals surface area contributed by atoms with Gasteiger partial charge in [0.15, 0.2) is 5.76 Å². The van der Waals surface area contributed by atoms with Crippen LogP contribution in [0, 0.1) is 6.92 Å². The lowest BCUT2D eigenvalue weighted by Crippen LogP contribution is -2.53. The van der Waals surface area contributed by atoms with Gasteiger partial charge in [0.1, 0.15) is 0 Å². The molecule has 0 aromatic carbocycles. The second-order valence-electron chi connectivity index (χ2n) is 4.55. The second-order valence-corrected chi connectivity index (χ2v) is 4.55. The first-order valence-electron chi connectivity index (χ1n) is 6.49. The Bertz CT molecular complexity index is 461. The van der Waals surface area contributed by atoms with Gasteiger partial charge in [-0.3, -0.25) is 4.79 Å². The SMILES string of the molecule is CCNC(=O)N1CCN(C(=O)c2occc2C)CC1. The first-order valence-corrected chi connectivity index (χ1v) is 6.49. The van der Waals surface area contributed by atoms with E-state index in [1.54, 1.807) is 15.9 Å². The largest absolute Gasteiger partial charge is 0.459 e. The predicted octanol–water partition coefficient (Wildman–Crippen LogP) is 1.08. The number of hydrogen-bond acceptors (Lipinski definition) is 3. The zero-order valence-electron chi connectivity index (χ0n) is 11.3. The maximum atomic E-state index is 12.2. The molecule has 104 valence electrons. The summed E-state index contributed by atoms with van der Waals surface area (Å²) in [6, 6.07) is 1.71. The standard InChI is InChI=1S/C13H19N3O3/c1-3-14-13(18)16-7-5-15(6-8-16)12(17)11-10(2)4-9-19-11/h4,9H,3,5-8H2,1-2H3,(H,14,18). The summed E-state index contributed by atoms with van der Waals surface area (Å²) in [5, 5.41) is 2.76. The van der Waals surface area contributed by atoms with Crippen LogP contribution in [-0.2, 0) is 0 Å². The van der Waals surface area contributed by atoms with Crippen LogP contribution < -0.4 is 5.32 Å². The molecule has 2 rings (SSSR count). The zero-order valence-corrected chi connectivity index (χ0v) is 11.3.